The largest absolute Gasteiger partial charge is 0.341 e. The molecule has 0 fully saturated rings. The van der Waals surface area contributed by atoms with E-state index in [1.54, 1.807) is 4.90 Å². The van der Waals surface area contributed by atoms with Crippen molar-refractivity contribution in [1.82, 2.24) is 19.8 Å². The Morgan fingerprint density at radius 1 is 1.00 bits per heavy atom. The maximum absolute atomic E-state index is 13.3. The zero-order valence-corrected chi connectivity index (χ0v) is 25.3. The van der Waals surface area contributed by atoms with Gasteiger partial charge >= 0.3 is 6.03 Å². The topological polar surface area (TPSA) is 145 Å². The molecule has 3 N–H and O–H groups in total. The van der Waals surface area contributed by atoms with E-state index in [0.717, 1.165) is 4.88 Å². The van der Waals surface area contributed by atoms with Crippen LogP contribution in [0.4, 0.5) is 9.80 Å². The fourth-order valence-corrected chi connectivity index (χ4v) is 7.44. The minimum absolute atomic E-state index is 0.0897. The highest BCUT2D eigenvalue weighted by atomic mass is 32.2. The van der Waals surface area contributed by atoms with E-state index in [-0.39, 0.29) is 38.8 Å². The monoisotopic (exact) mass is 591 g/mol. The molecule has 1 aromatic carbocycles. The molecule has 0 aliphatic carbocycles. The van der Waals surface area contributed by atoms with Gasteiger partial charge in [-0.15, -0.1) is 11.3 Å². The first kappa shape index (κ1) is 31.2. The number of hydrogen-bond donors (Lipinski definition) is 3. The molecule has 0 saturated heterocycles. The van der Waals surface area contributed by atoms with E-state index >= 15 is 0 Å². The Hall–Kier alpha value is -3.29. The highest BCUT2D eigenvalue weighted by molar-refractivity contribution is 7.89. The van der Waals surface area contributed by atoms with Crippen LogP contribution in [0.15, 0.2) is 29.2 Å². The van der Waals surface area contributed by atoms with Gasteiger partial charge in [0.05, 0.1) is 17.0 Å². The number of sulfonamides is 1. The molecule has 0 unspecified atom stereocenters. The van der Waals surface area contributed by atoms with Gasteiger partial charge in [0.2, 0.25) is 15.9 Å². The maximum atomic E-state index is 13.3. The van der Waals surface area contributed by atoms with E-state index in [1.807, 2.05) is 27.7 Å². The number of urea groups is 1. The van der Waals surface area contributed by atoms with Gasteiger partial charge in [0, 0.05) is 44.0 Å². The number of benzene rings is 1. The molecule has 2 aromatic rings. The summed E-state index contributed by atoms with van der Waals surface area (Å²) in [6, 6.07) is 4.98. The van der Waals surface area contributed by atoms with Crippen molar-refractivity contribution >= 4 is 50.1 Å². The molecule has 3 rings (SSSR count). The quantitative estimate of drug-likeness (QED) is 0.408. The third-order valence-corrected chi connectivity index (χ3v) is 9.28. The van der Waals surface area contributed by atoms with Gasteiger partial charge in [0.15, 0.2) is 0 Å². The highest BCUT2D eigenvalue weighted by Crippen LogP contribution is 2.37. The Morgan fingerprint density at radius 2 is 1.60 bits per heavy atom. The summed E-state index contributed by atoms with van der Waals surface area (Å²) < 4.78 is 28.1. The first-order chi connectivity index (χ1) is 18.7. The molecule has 11 nitrogen and oxygen atoms in total. The minimum Gasteiger partial charge on any atom is -0.341 e. The lowest BCUT2D eigenvalue weighted by Gasteiger charge is -2.26. The van der Waals surface area contributed by atoms with Gasteiger partial charge < -0.3 is 15.5 Å². The number of fused-ring (bicyclic) bond motifs is 1. The van der Waals surface area contributed by atoms with Crippen molar-refractivity contribution in [3.8, 4) is 0 Å². The van der Waals surface area contributed by atoms with Crippen molar-refractivity contribution in [2.24, 2.45) is 11.8 Å². The molecule has 40 heavy (non-hydrogen) atoms. The number of amides is 5. The van der Waals surface area contributed by atoms with Crippen LogP contribution in [0.25, 0.3) is 0 Å². The van der Waals surface area contributed by atoms with Crippen molar-refractivity contribution in [1.29, 1.82) is 0 Å². The molecule has 0 saturated carbocycles. The Morgan fingerprint density at radius 3 is 2.12 bits per heavy atom. The van der Waals surface area contributed by atoms with Crippen molar-refractivity contribution in [2.45, 2.75) is 52.5 Å². The van der Waals surface area contributed by atoms with Crippen LogP contribution in [0.3, 0.4) is 0 Å². The van der Waals surface area contributed by atoms with E-state index in [9.17, 15) is 27.6 Å². The first-order valence-corrected chi connectivity index (χ1v) is 15.3. The molecule has 0 spiro atoms. The summed E-state index contributed by atoms with van der Waals surface area (Å²) in [5, 5.41) is 7.58. The van der Waals surface area contributed by atoms with E-state index in [1.165, 1.54) is 53.9 Å². The van der Waals surface area contributed by atoms with Crippen LogP contribution in [-0.4, -0.2) is 68.1 Å². The highest BCUT2D eigenvalue weighted by Gasteiger charge is 2.31. The number of imide groups is 1. The van der Waals surface area contributed by atoms with Crippen LogP contribution in [0, 0.1) is 11.8 Å². The van der Waals surface area contributed by atoms with Crippen molar-refractivity contribution in [3.63, 3.8) is 0 Å². The predicted molar refractivity (Wildman–Crippen MR) is 154 cm³/mol. The summed E-state index contributed by atoms with van der Waals surface area (Å²) in [5.74, 6) is -1.02. The number of nitrogens with zero attached hydrogens (tertiary/aromatic N) is 2. The molecule has 1 aliphatic heterocycles. The third-order valence-electron chi connectivity index (χ3n) is 6.30. The SMILES string of the molecule is CNC(=O)NC(=O)c1c(NC(=O)c2ccc(S(=O)(=O)N(CC(C)C)CC(C)C)cc2)sc2c1CCN(C(C)=O)C2. The molecule has 5 amide bonds. The number of anilines is 1. The minimum atomic E-state index is -3.76. The molecule has 13 heteroatoms. The van der Waals surface area contributed by atoms with Gasteiger partial charge in [0.25, 0.3) is 11.8 Å². The fourth-order valence-electron chi connectivity index (χ4n) is 4.42. The standard InChI is InChI=1S/C27H37N5O6S2/c1-16(2)13-32(14-17(3)4)40(37,38)20-9-7-19(8-10-20)24(34)29-26-23(25(35)30-27(36)28-6)21-11-12-31(18(5)33)15-22(21)39-26/h7-10,16-17H,11-15H2,1-6H3,(H,29,34)(H2,28,30,35,36). The van der Waals surface area contributed by atoms with Crippen LogP contribution in [0.1, 0.15) is 65.8 Å². The molecular formula is C27H37N5O6S2. The Kier molecular flexibility index (Phi) is 10.1. The zero-order chi connectivity index (χ0) is 29.8. The van der Waals surface area contributed by atoms with Crippen LogP contribution in [0.2, 0.25) is 0 Å². The average molecular weight is 592 g/mol. The molecular weight excluding hydrogens is 554 g/mol. The molecule has 0 radical (unpaired) electrons. The molecule has 0 atom stereocenters. The summed E-state index contributed by atoms with van der Waals surface area (Å²) in [6.45, 7) is 10.8. The second-order valence-corrected chi connectivity index (χ2v) is 13.6. The smallest absolute Gasteiger partial charge is 0.321 e. The first-order valence-electron chi connectivity index (χ1n) is 13.1. The molecule has 2 heterocycles. The number of rotatable bonds is 9. The van der Waals surface area contributed by atoms with Crippen molar-refractivity contribution in [3.05, 3.63) is 45.8 Å². The lowest BCUT2D eigenvalue weighted by Crippen LogP contribution is -2.39. The van der Waals surface area contributed by atoms with Gasteiger partial charge in [-0.1, -0.05) is 27.7 Å². The number of carbonyl (C=O) groups excluding carboxylic acids is 4. The molecule has 1 aliphatic rings. The van der Waals surface area contributed by atoms with Crippen molar-refractivity contribution in [2.75, 3.05) is 32.0 Å². The molecule has 218 valence electrons. The van der Waals surface area contributed by atoms with Crippen LogP contribution in [0.5, 0.6) is 0 Å². The van der Waals surface area contributed by atoms with E-state index in [4.69, 9.17) is 0 Å². The zero-order valence-electron chi connectivity index (χ0n) is 23.7. The Labute approximate surface area is 239 Å². The van der Waals surface area contributed by atoms with E-state index in [0.29, 0.717) is 38.2 Å². The van der Waals surface area contributed by atoms with E-state index < -0.39 is 27.9 Å². The number of thiophene rings is 1. The lowest BCUT2D eigenvalue weighted by molar-refractivity contribution is -0.129. The summed E-state index contributed by atoms with van der Waals surface area (Å²) in [5.41, 5.74) is 1.06. The maximum Gasteiger partial charge on any atom is 0.321 e. The summed E-state index contributed by atoms with van der Waals surface area (Å²) in [6.07, 6.45) is 0.396. The summed E-state index contributed by atoms with van der Waals surface area (Å²) in [4.78, 5) is 52.4. The van der Waals surface area contributed by atoms with Gasteiger partial charge in [-0.3, -0.25) is 19.7 Å². The normalized spacial score (nSPS) is 13.4. The van der Waals surface area contributed by atoms with Gasteiger partial charge in [0.1, 0.15) is 5.00 Å². The average Bonchev–Trinajstić information content (AvgIpc) is 3.24. The summed E-state index contributed by atoms with van der Waals surface area (Å²) in [7, 11) is -2.38. The molecule has 0 bridgehead atoms. The number of carbonyl (C=O) groups is 4. The molecule has 1 aromatic heterocycles. The Balaban J connectivity index is 1.89. The summed E-state index contributed by atoms with van der Waals surface area (Å²) >= 11 is 1.17. The van der Waals surface area contributed by atoms with Gasteiger partial charge in [-0.05, 0) is 48.1 Å². The fraction of sp³-hybridized carbons (Fsp3) is 0.481. The Bertz CT molecular complexity index is 1370. The van der Waals surface area contributed by atoms with Crippen LogP contribution >= 0.6 is 11.3 Å². The van der Waals surface area contributed by atoms with Crippen molar-refractivity contribution < 1.29 is 27.6 Å². The van der Waals surface area contributed by atoms with Crippen LogP contribution < -0.4 is 16.0 Å². The van der Waals surface area contributed by atoms with Gasteiger partial charge in [-0.2, -0.15) is 4.31 Å². The van der Waals surface area contributed by atoms with Crippen LogP contribution in [-0.2, 0) is 27.8 Å². The van der Waals surface area contributed by atoms with Gasteiger partial charge in [-0.25, -0.2) is 13.2 Å². The number of hydrogen-bond acceptors (Lipinski definition) is 7. The second kappa shape index (κ2) is 12.9. The second-order valence-electron chi connectivity index (χ2n) is 10.5. The lowest BCUT2D eigenvalue weighted by atomic mass is 10.0. The number of nitrogens with one attached hydrogen (secondary N) is 3. The van der Waals surface area contributed by atoms with E-state index in [2.05, 4.69) is 16.0 Å². The third kappa shape index (κ3) is 7.26. The predicted octanol–water partition coefficient (Wildman–Crippen LogP) is 3.28.